The lowest BCUT2D eigenvalue weighted by Crippen LogP contribution is -2.00. The summed E-state index contributed by atoms with van der Waals surface area (Å²) in [5.74, 6) is -0.129. The molecule has 0 aliphatic heterocycles. The minimum atomic E-state index is -0.376. The van der Waals surface area contributed by atoms with Gasteiger partial charge in [-0.3, -0.25) is 0 Å². The van der Waals surface area contributed by atoms with E-state index in [4.69, 9.17) is 10.5 Å². The minimum Gasteiger partial charge on any atom is -0.486 e. The van der Waals surface area contributed by atoms with Gasteiger partial charge in [-0.05, 0) is 29.3 Å². The van der Waals surface area contributed by atoms with Crippen molar-refractivity contribution in [1.29, 1.82) is 0 Å². The molecular formula is C14H13BrFNO. The van der Waals surface area contributed by atoms with Crippen LogP contribution >= 0.6 is 15.9 Å². The third-order valence-electron chi connectivity index (χ3n) is 2.52. The molecule has 0 atom stereocenters. The van der Waals surface area contributed by atoms with E-state index in [0.717, 1.165) is 11.1 Å². The largest absolute Gasteiger partial charge is 0.486 e. The molecule has 0 radical (unpaired) electrons. The fraction of sp³-hybridized carbons (Fsp3) is 0.143. The van der Waals surface area contributed by atoms with E-state index in [-0.39, 0.29) is 11.6 Å². The van der Waals surface area contributed by atoms with Gasteiger partial charge in [-0.1, -0.05) is 40.2 Å². The Morgan fingerprint density at radius 3 is 2.61 bits per heavy atom. The Morgan fingerprint density at radius 2 is 1.89 bits per heavy atom. The first-order chi connectivity index (χ1) is 8.69. The smallest absolute Gasteiger partial charge is 0.166 e. The highest BCUT2D eigenvalue weighted by Crippen LogP contribution is 2.22. The second-order valence-corrected chi connectivity index (χ2v) is 4.80. The summed E-state index contributed by atoms with van der Waals surface area (Å²) >= 11 is 3.20. The topological polar surface area (TPSA) is 35.2 Å². The maximum absolute atomic E-state index is 13.5. The van der Waals surface area contributed by atoms with Gasteiger partial charge in [-0.25, -0.2) is 4.39 Å². The van der Waals surface area contributed by atoms with Gasteiger partial charge in [0.25, 0.3) is 0 Å². The van der Waals surface area contributed by atoms with Crippen molar-refractivity contribution in [3.63, 3.8) is 0 Å². The monoisotopic (exact) mass is 309 g/mol. The Bertz CT molecular complexity index is 545. The van der Waals surface area contributed by atoms with E-state index < -0.39 is 0 Å². The van der Waals surface area contributed by atoms with Crippen LogP contribution in [0.2, 0.25) is 0 Å². The van der Waals surface area contributed by atoms with Crippen LogP contribution in [0.25, 0.3) is 0 Å². The zero-order valence-electron chi connectivity index (χ0n) is 9.70. The van der Waals surface area contributed by atoms with Crippen molar-refractivity contribution in [2.24, 2.45) is 5.73 Å². The van der Waals surface area contributed by atoms with Crippen molar-refractivity contribution in [2.45, 2.75) is 13.2 Å². The van der Waals surface area contributed by atoms with Crippen LogP contribution in [0.3, 0.4) is 0 Å². The van der Waals surface area contributed by atoms with Gasteiger partial charge in [0.1, 0.15) is 6.61 Å². The van der Waals surface area contributed by atoms with E-state index in [1.807, 2.05) is 24.3 Å². The Kier molecular flexibility index (Phi) is 4.33. The second kappa shape index (κ2) is 5.98. The molecular weight excluding hydrogens is 297 g/mol. The van der Waals surface area contributed by atoms with Gasteiger partial charge in [-0.2, -0.15) is 0 Å². The van der Waals surface area contributed by atoms with Crippen LogP contribution in [0.4, 0.5) is 4.39 Å². The van der Waals surface area contributed by atoms with Crippen molar-refractivity contribution in [2.75, 3.05) is 0 Å². The number of hydrogen-bond acceptors (Lipinski definition) is 2. The van der Waals surface area contributed by atoms with E-state index in [9.17, 15) is 4.39 Å². The molecule has 2 aromatic carbocycles. The third kappa shape index (κ3) is 3.31. The van der Waals surface area contributed by atoms with E-state index in [0.29, 0.717) is 17.6 Å². The molecule has 94 valence electrons. The van der Waals surface area contributed by atoms with Crippen LogP contribution in [0, 0.1) is 5.82 Å². The molecule has 0 saturated carbocycles. The normalized spacial score (nSPS) is 10.4. The van der Waals surface area contributed by atoms with Gasteiger partial charge >= 0.3 is 0 Å². The van der Waals surface area contributed by atoms with Gasteiger partial charge < -0.3 is 10.5 Å². The minimum absolute atomic E-state index is 0.247. The van der Waals surface area contributed by atoms with Crippen molar-refractivity contribution in [1.82, 2.24) is 0 Å². The van der Waals surface area contributed by atoms with Gasteiger partial charge in [-0.15, -0.1) is 0 Å². The lowest BCUT2D eigenvalue weighted by atomic mass is 10.1. The summed E-state index contributed by atoms with van der Waals surface area (Å²) < 4.78 is 19.7. The van der Waals surface area contributed by atoms with E-state index in [1.165, 1.54) is 6.07 Å². The van der Waals surface area contributed by atoms with Gasteiger partial charge in [0.15, 0.2) is 11.6 Å². The van der Waals surface area contributed by atoms with E-state index >= 15 is 0 Å². The Labute approximate surface area is 114 Å². The first-order valence-electron chi connectivity index (χ1n) is 5.55. The summed E-state index contributed by atoms with van der Waals surface area (Å²) in [7, 11) is 0. The van der Waals surface area contributed by atoms with Crippen molar-refractivity contribution in [3.05, 3.63) is 63.9 Å². The summed E-state index contributed by atoms with van der Waals surface area (Å²) in [6.45, 7) is 0.812. The summed E-state index contributed by atoms with van der Waals surface area (Å²) in [5.41, 5.74) is 7.57. The fourth-order valence-corrected chi connectivity index (χ4v) is 1.93. The molecule has 0 fully saturated rings. The average molecular weight is 310 g/mol. The van der Waals surface area contributed by atoms with Gasteiger partial charge in [0, 0.05) is 11.0 Å². The van der Waals surface area contributed by atoms with Gasteiger partial charge in [0.2, 0.25) is 0 Å². The highest BCUT2D eigenvalue weighted by Gasteiger charge is 2.04. The molecule has 4 heteroatoms. The lowest BCUT2D eigenvalue weighted by molar-refractivity contribution is 0.290. The number of halogens is 2. The van der Waals surface area contributed by atoms with E-state index in [2.05, 4.69) is 15.9 Å². The van der Waals surface area contributed by atoms with Crippen LogP contribution in [-0.4, -0.2) is 0 Å². The third-order valence-corrected chi connectivity index (χ3v) is 3.01. The predicted octanol–water partition coefficient (Wildman–Crippen LogP) is 3.63. The average Bonchev–Trinajstić information content (AvgIpc) is 2.38. The van der Waals surface area contributed by atoms with Crippen LogP contribution in [0.1, 0.15) is 11.1 Å². The molecule has 2 nitrogen and oxygen atoms in total. The fourth-order valence-electron chi connectivity index (χ4n) is 1.60. The maximum atomic E-state index is 13.5. The molecule has 18 heavy (non-hydrogen) atoms. The molecule has 0 aliphatic rings. The summed E-state index contributed by atoms with van der Waals surface area (Å²) in [5, 5.41) is 0. The molecule has 0 saturated heterocycles. The number of rotatable bonds is 4. The molecule has 0 amide bonds. The second-order valence-electron chi connectivity index (χ2n) is 3.89. The van der Waals surface area contributed by atoms with Crippen molar-refractivity contribution < 1.29 is 9.13 Å². The SMILES string of the molecule is NCc1cccc(COc2ccc(Br)cc2F)c1. The first-order valence-corrected chi connectivity index (χ1v) is 6.34. The van der Waals surface area contributed by atoms with Gasteiger partial charge in [0.05, 0.1) is 0 Å². The van der Waals surface area contributed by atoms with Crippen LogP contribution in [0.15, 0.2) is 46.9 Å². The molecule has 2 N–H and O–H groups in total. The van der Waals surface area contributed by atoms with E-state index in [1.54, 1.807) is 12.1 Å². The first kappa shape index (κ1) is 13.1. The number of ether oxygens (including phenoxy) is 1. The quantitative estimate of drug-likeness (QED) is 0.936. The molecule has 0 bridgehead atoms. The summed E-state index contributed by atoms with van der Waals surface area (Å²) in [6.07, 6.45) is 0. The van der Waals surface area contributed by atoms with Crippen molar-refractivity contribution >= 4 is 15.9 Å². The Hall–Kier alpha value is -1.39. The van der Waals surface area contributed by atoms with Crippen LogP contribution in [-0.2, 0) is 13.2 Å². The number of benzene rings is 2. The molecule has 0 spiro atoms. The van der Waals surface area contributed by atoms with Crippen molar-refractivity contribution in [3.8, 4) is 5.75 Å². The van der Waals surface area contributed by atoms with Crippen LogP contribution < -0.4 is 10.5 Å². The molecule has 0 heterocycles. The molecule has 0 aliphatic carbocycles. The summed E-state index contributed by atoms with van der Waals surface area (Å²) in [6, 6.07) is 12.5. The zero-order chi connectivity index (χ0) is 13.0. The standard InChI is InChI=1S/C14H13BrFNO/c15-12-4-5-14(13(16)7-12)18-9-11-3-1-2-10(6-11)8-17/h1-7H,8-9,17H2. The lowest BCUT2D eigenvalue weighted by Gasteiger charge is -2.08. The zero-order valence-corrected chi connectivity index (χ0v) is 11.3. The molecule has 2 rings (SSSR count). The Morgan fingerprint density at radius 1 is 1.11 bits per heavy atom. The maximum Gasteiger partial charge on any atom is 0.166 e. The van der Waals surface area contributed by atoms with Crippen LogP contribution in [0.5, 0.6) is 5.75 Å². The number of hydrogen-bond donors (Lipinski definition) is 1. The predicted molar refractivity (Wildman–Crippen MR) is 72.8 cm³/mol. The highest BCUT2D eigenvalue weighted by atomic mass is 79.9. The summed E-state index contributed by atoms with van der Waals surface area (Å²) in [4.78, 5) is 0. The Balaban J connectivity index is 2.06. The number of nitrogens with two attached hydrogens (primary N) is 1. The molecule has 0 aromatic heterocycles. The molecule has 0 unspecified atom stereocenters. The molecule has 2 aromatic rings. The highest BCUT2D eigenvalue weighted by molar-refractivity contribution is 9.10.